The number of hydrogen-bond acceptors (Lipinski definition) is 5. The maximum atomic E-state index is 4.20. The molecule has 0 amide bonds. The standard InChI is InChI=1S/C11H14N4S/c1-7(2)8(3)10-14-15-11(16-10)9-12-5-4-6-13-9/h4-8H,1-3H3. The summed E-state index contributed by atoms with van der Waals surface area (Å²) in [6, 6.07) is 1.79. The quantitative estimate of drug-likeness (QED) is 0.819. The third-order valence-electron chi connectivity index (χ3n) is 2.59. The molecule has 0 aromatic carbocycles. The van der Waals surface area contributed by atoms with Gasteiger partial charge in [-0.15, -0.1) is 10.2 Å². The third-order valence-corrected chi connectivity index (χ3v) is 3.71. The monoisotopic (exact) mass is 234 g/mol. The van der Waals surface area contributed by atoms with E-state index in [4.69, 9.17) is 0 Å². The SMILES string of the molecule is CC(C)C(C)c1nnc(-c2ncccn2)s1. The van der Waals surface area contributed by atoms with E-state index in [2.05, 4.69) is 40.9 Å². The first kappa shape index (κ1) is 11.1. The molecule has 5 heteroatoms. The average molecular weight is 234 g/mol. The summed E-state index contributed by atoms with van der Waals surface area (Å²) in [5, 5.41) is 10.2. The summed E-state index contributed by atoms with van der Waals surface area (Å²) in [6.07, 6.45) is 3.44. The van der Waals surface area contributed by atoms with Gasteiger partial charge in [-0.25, -0.2) is 9.97 Å². The summed E-state index contributed by atoms with van der Waals surface area (Å²) in [7, 11) is 0. The van der Waals surface area contributed by atoms with Crippen LogP contribution >= 0.6 is 11.3 Å². The van der Waals surface area contributed by atoms with Gasteiger partial charge in [0.15, 0.2) is 10.8 Å². The van der Waals surface area contributed by atoms with E-state index in [1.807, 2.05) is 0 Å². The molecule has 4 nitrogen and oxygen atoms in total. The van der Waals surface area contributed by atoms with Crippen molar-refractivity contribution in [3.63, 3.8) is 0 Å². The predicted molar refractivity (Wildman–Crippen MR) is 64.2 cm³/mol. The summed E-state index contributed by atoms with van der Waals surface area (Å²) in [5.41, 5.74) is 0. The van der Waals surface area contributed by atoms with Crippen molar-refractivity contribution in [1.29, 1.82) is 0 Å². The second kappa shape index (κ2) is 4.65. The van der Waals surface area contributed by atoms with E-state index in [9.17, 15) is 0 Å². The number of nitrogens with zero attached hydrogens (tertiary/aromatic N) is 4. The van der Waals surface area contributed by atoms with Crippen molar-refractivity contribution in [2.45, 2.75) is 26.7 Å². The van der Waals surface area contributed by atoms with Crippen LogP contribution in [0.5, 0.6) is 0 Å². The molecule has 1 unspecified atom stereocenters. The van der Waals surface area contributed by atoms with E-state index < -0.39 is 0 Å². The van der Waals surface area contributed by atoms with Crippen LogP contribution in [0.3, 0.4) is 0 Å². The third kappa shape index (κ3) is 2.24. The Labute approximate surface area is 98.8 Å². The van der Waals surface area contributed by atoms with Gasteiger partial charge in [-0.05, 0) is 12.0 Å². The van der Waals surface area contributed by atoms with E-state index in [0.29, 0.717) is 17.7 Å². The molecule has 0 bridgehead atoms. The summed E-state index contributed by atoms with van der Waals surface area (Å²) in [5.74, 6) is 1.65. The number of hydrogen-bond donors (Lipinski definition) is 0. The van der Waals surface area contributed by atoms with Crippen LogP contribution in [0.4, 0.5) is 0 Å². The largest absolute Gasteiger partial charge is 0.234 e. The molecule has 2 aromatic rings. The minimum absolute atomic E-state index is 0.426. The molecule has 0 aliphatic carbocycles. The van der Waals surface area contributed by atoms with Crippen LogP contribution < -0.4 is 0 Å². The van der Waals surface area contributed by atoms with Gasteiger partial charge < -0.3 is 0 Å². The first-order valence-electron chi connectivity index (χ1n) is 5.29. The summed E-state index contributed by atoms with van der Waals surface area (Å²) in [6.45, 7) is 6.54. The Morgan fingerprint density at radius 1 is 1.06 bits per heavy atom. The minimum Gasteiger partial charge on any atom is -0.234 e. The fraction of sp³-hybridized carbons (Fsp3) is 0.455. The van der Waals surface area contributed by atoms with Crippen molar-refractivity contribution < 1.29 is 0 Å². The van der Waals surface area contributed by atoms with Gasteiger partial charge in [0.1, 0.15) is 5.01 Å². The van der Waals surface area contributed by atoms with Crippen molar-refractivity contribution in [1.82, 2.24) is 20.2 Å². The highest BCUT2D eigenvalue weighted by atomic mass is 32.1. The van der Waals surface area contributed by atoms with Gasteiger partial charge in [0.25, 0.3) is 0 Å². The van der Waals surface area contributed by atoms with E-state index in [-0.39, 0.29) is 0 Å². The predicted octanol–water partition coefficient (Wildman–Crippen LogP) is 2.75. The normalized spacial score (nSPS) is 13.0. The molecule has 0 aliphatic rings. The molecule has 0 aliphatic heterocycles. The fourth-order valence-electron chi connectivity index (χ4n) is 1.20. The summed E-state index contributed by atoms with van der Waals surface area (Å²) >= 11 is 1.58. The van der Waals surface area contributed by atoms with Crippen molar-refractivity contribution >= 4 is 11.3 Å². The van der Waals surface area contributed by atoms with Crippen LogP contribution in [0.1, 0.15) is 31.7 Å². The minimum atomic E-state index is 0.426. The van der Waals surface area contributed by atoms with Gasteiger partial charge in [-0.2, -0.15) is 0 Å². The van der Waals surface area contributed by atoms with Crippen molar-refractivity contribution in [2.24, 2.45) is 5.92 Å². The lowest BCUT2D eigenvalue weighted by Crippen LogP contribution is -2.00. The number of rotatable bonds is 3. The van der Waals surface area contributed by atoms with E-state index in [1.54, 1.807) is 29.8 Å². The fourth-order valence-corrected chi connectivity index (χ4v) is 2.22. The maximum absolute atomic E-state index is 4.20. The van der Waals surface area contributed by atoms with Crippen molar-refractivity contribution in [2.75, 3.05) is 0 Å². The van der Waals surface area contributed by atoms with Gasteiger partial charge in [0, 0.05) is 18.3 Å². The van der Waals surface area contributed by atoms with Crippen LogP contribution in [-0.2, 0) is 0 Å². The molecule has 0 spiro atoms. The Kier molecular flexibility index (Phi) is 3.24. The molecular formula is C11H14N4S. The smallest absolute Gasteiger partial charge is 0.190 e. The zero-order valence-corrected chi connectivity index (χ0v) is 10.4. The molecular weight excluding hydrogens is 220 g/mol. The molecule has 0 N–H and O–H groups in total. The Bertz CT molecular complexity index is 452. The molecule has 2 heterocycles. The first-order valence-corrected chi connectivity index (χ1v) is 6.11. The van der Waals surface area contributed by atoms with Crippen LogP contribution in [0.15, 0.2) is 18.5 Å². The second-order valence-electron chi connectivity index (χ2n) is 4.05. The topological polar surface area (TPSA) is 51.6 Å². The van der Waals surface area contributed by atoms with Crippen LogP contribution in [0.25, 0.3) is 10.8 Å². The van der Waals surface area contributed by atoms with Crippen LogP contribution in [-0.4, -0.2) is 20.2 Å². The maximum Gasteiger partial charge on any atom is 0.190 e. The lowest BCUT2D eigenvalue weighted by Gasteiger charge is -2.10. The molecule has 0 fully saturated rings. The molecule has 2 aromatic heterocycles. The van der Waals surface area contributed by atoms with Crippen LogP contribution in [0, 0.1) is 5.92 Å². The first-order chi connectivity index (χ1) is 7.68. The molecule has 0 saturated carbocycles. The van der Waals surface area contributed by atoms with Crippen LogP contribution in [0.2, 0.25) is 0 Å². The zero-order chi connectivity index (χ0) is 11.5. The molecule has 0 saturated heterocycles. The summed E-state index contributed by atoms with van der Waals surface area (Å²) < 4.78 is 0. The van der Waals surface area contributed by atoms with Gasteiger partial charge >= 0.3 is 0 Å². The van der Waals surface area contributed by atoms with E-state index >= 15 is 0 Å². The molecule has 0 radical (unpaired) electrons. The zero-order valence-electron chi connectivity index (χ0n) is 9.58. The van der Waals surface area contributed by atoms with Gasteiger partial charge in [-0.3, -0.25) is 0 Å². The van der Waals surface area contributed by atoms with Crippen molar-refractivity contribution in [3.05, 3.63) is 23.5 Å². The lowest BCUT2D eigenvalue weighted by atomic mass is 9.99. The molecule has 16 heavy (non-hydrogen) atoms. The van der Waals surface area contributed by atoms with E-state index in [0.717, 1.165) is 10.0 Å². The van der Waals surface area contributed by atoms with Gasteiger partial charge in [0.05, 0.1) is 0 Å². The number of aromatic nitrogens is 4. The Morgan fingerprint density at radius 2 is 1.75 bits per heavy atom. The van der Waals surface area contributed by atoms with E-state index in [1.165, 1.54) is 0 Å². The molecule has 1 atom stereocenters. The summed E-state index contributed by atoms with van der Waals surface area (Å²) in [4.78, 5) is 8.33. The second-order valence-corrected chi connectivity index (χ2v) is 5.06. The van der Waals surface area contributed by atoms with Crippen molar-refractivity contribution in [3.8, 4) is 10.8 Å². The molecule has 84 valence electrons. The highest BCUT2D eigenvalue weighted by molar-refractivity contribution is 7.14. The average Bonchev–Trinajstić information content (AvgIpc) is 2.78. The Morgan fingerprint density at radius 3 is 2.38 bits per heavy atom. The van der Waals surface area contributed by atoms with Gasteiger partial charge in [0.2, 0.25) is 0 Å². The molecule has 2 rings (SSSR count). The highest BCUT2D eigenvalue weighted by Gasteiger charge is 2.16. The highest BCUT2D eigenvalue weighted by Crippen LogP contribution is 2.29. The Balaban J connectivity index is 2.27. The lowest BCUT2D eigenvalue weighted by molar-refractivity contribution is 0.529. The Hall–Kier alpha value is -1.36. The van der Waals surface area contributed by atoms with Gasteiger partial charge in [-0.1, -0.05) is 32.1 Å².